The van der Waals surface area contributed by atoms with Crippen molar-refractivity contribution in [2.45, 2.75) is 31.7 Å². The second-order valence-electron chi connectivity index (χ2n) is 7.77. The molecule has 2 aromatic rings. The van der Waals surface area contributed by atoms with Crippen molar-refractivity contribution in [3.05, 3.63) is 48.3 Å². The third-order valence-corrected chi connectivity index (χ3v) is 6.01. The maximum atomic E-state index is 13.4. The van der Waals surface area contributed by atoms with Gasteiger partial charge < -0.3 is 19.3 Å². The van der Waals surface area contributed by atoms with E-state index in [0.717, 1.165) is 31.4 Å². The monoisotopic (exact) mass is 409 g/mol. The highest BCUT2D eigenvalue weighted by atomic mass is 16.5. The number of nitrogens with zero attached hydrogens (tertiary/aromatic N) is 3. The molecule has 3 heterocycles. The van der Waals surface area contributed by atoms with Crippen LogP contribution in [-0.2, 0) is 9.59 Å². The summed E-state index contributed by atoms with van der Waals surface area (Å²) in [5.41, 5.74) is 1.73. The number of piperidine rings is 1. The Labute approximate surface area is 176 Å². The van der Waals surface area contributed by atoms with Gasteiger partial charge in [0.2, 0.25) is 11.8 Å². The Bertz CT molecular complexity index is 918. The highest BCUT2D eigenvalue weighted by Crippen LogP contribution is 2.38. The molecule has 0 spiro atoms. The van der Waals surface area contributed by atoms with Crippen molar-refractivity contribution in [2.75, 3.05) is 32.2 Å². The molecule has 7 heteroatoms. The van der Waals surface area contributed by atoms with E-state index in [0.29, 0.717) is 23.7 Å². The van der Waals surface area contributed by atoms with Gasteiger partial charge in [-0.25, -0.2) is 0 Å². The zero-order chi connectivity index (χ0) is 21.1. The third-order valence-electron chi connectivity index (χ3n) is 6.01. The van der Waals surface area contributed by atoms with E-state index in [-0.39, 0.29) is 30.2 Å². The van der Waals surface area contributed by atoms with Crippen LogP contribution in [0.15, 0.2) is 42.7 Å². The number of anilines is 1. The Morgan fingerprint density at radius 1 is 1.17 bits per heavy atom. The molecule has 0 saturated carbocycles. The van der Waals surface area contributed by atoms with Gasteiger partial charge >= 0.3 is 0 Å². The molecule has 0 radical (unpaired) electrons. The van der Waals surface area contributed by atoms with E-state index in [4.69, 9.17) is 9.47 Å². The maximum absolute atomic E-state index is 13.4. The van der Waals surface area contributed by atoms with E-state index in [2.05, 4.69) is 4.98 Å². The summed E-state index contributed by atoms with van der Waals surface area (Å²) in [6.45, 7) is 1.07. The van der Waals surface area contributed by atoms with Crippen LogP contribution in [0.5, 0.6) is 11.5 Å². The minimum absolute atomic E-state index is 0.0274. The molecular formula is C23H27N3O4. The first kappa shape index (κ1) is 20.2. The average molecular weight is 409 g/mol. The van der Waals surface area contributed by atoms with Gasteiger partial charge in [-0.15, -0.1) is 0 Å². The number of carbonyl (C=O) groups is 2. The van der Waals surface area contributed by atoms with Gasteiger partial charge in [0, 0.05) is 38.0 Å². The number of amides is 2. The summed E-state index contributed by atoms with van der Waals surface area (Å²) >= 11 is 0. The van der Waals surface area contributed by atoms with Crippen LogP contribution in [0, 0.1) is 5.92 Å². The lowest BCUT2D eigenvalue weighted by Gasteiger charge is -2.37. The highest BCUT2D eigenvalue weighted by molar-refractivity contribution is 6.01. The molecule has 1 aromatic heterocycles. The van der Waals surface area contributed by atoms with Crippen LogP contribution >= 0.6 is 0 Å². The number of benzene rings is 1. The lowest BCUT2D eigenvalue weighted by molar-refractivity contribution is -0.139. The molecule has 0 N–H and O–H groups in total. The van der Waals surface area contributed by atoms with Gasteiger partial charge in [-0.1, -0.05) is 6.07 Å². The average Bonchev–Trinajstić information content (AvgIpc) is 3.20. The molecule has 2 aliphatic heterocycles. The molecule has 2 unspecified atom stereocenters. The fourth-order valence-corrected chi connectivity index (χ4v) is 4.46. The summed E-state index contributed by atoms with van der Waals surface area (Å²) in [6.07, 6.45) is 6.79. The first-order chi connectivity index (χ1) is 14.6. The fraction of sp³-hybridized carbons (Fsp3) is 0.435. The van der Waals surface area contributed by atoms with Crippen LogP contribution in [0.2, 0.25) is 0 Å². The van der Waals surface area contributed by atoms with Crippen molar-refractivity contribution in [2.24, 2.45) is 5.92 Å². The predicted octanol–water partition coefficient (Wildman–Crippen LogP) is 3.21. The number of ether oxygens (including phenoxy) is 2. The Hall–Kier alpha value is -3.09. The minimum Gasteiger partial charge on any atom is -0.497 e. The summed E-state index contributed by atoms with van der Waals surface area (Å²) < 4.78 is 10.7. The molecule has 2 fully saturated rings. The Balaban J connectivity index is 1.54. The van der Waals surface area contributed by atoms with Crippen LogP contribution < -0.4 is 14.4 Å². The number of rotatable bonds is 5. The SMILES string of the molecule is COc1ccc(N2CC(C(=O)N3CCCCC3c3cccnc3)CC2=O)c(OC)c1. The van der Waals surface area contributed by atoms with Crippen molar-refractivity contribution < 1.29 is 19.1 Å². The number of hydrogen-bond donors (Lipinski definition) is 0. The molecule has 2 atom stereocenters. The Kier molecular flexibility index (Phi) is 5.88. The maximum Gasteiger partial charge on any atom is 0.228 e. The normalized spacial score (nSPS) is 21.6. The molecule has 7 nitrogen and oxygen atoms in total. The van der Waals surface area contributed by atoms with Crippen molar-refractivity contribution in [1.82, 2.24) is 9.88 Å². The molecule has 158 valence electrons. The summed E-state index contributed by atoms with van der Waals surface area (Å²) in [4.78, 5) is 34.1. The van der Waals surface area contributed by atoms with Crippen LogP contribution in [0.1, 0.15) is 37.3 Å². The Morgan fingerprint density at radius 2 is 2.03 bits per heavy atom. The zero-order valence-electron chi connectivity index (χ0n) is 17.4. The predicted molar refractivity (Wildman–Crippen MR) is 113 cm³/mol. The molecule has 2 aliphatic rings. The molecule has 1 aromatic carbocycles. The second kappa shape index (κ2) is 8.73. The molecule has 2 amide bonds. The minimum atomic E-state index is -0.360. The number of hydrogen-bond acceptors (Lipinski definition) is 5. The summed E-state index contributed by atoms with van der Waals surface area (Å²) in [5, 5.41) is 0. The van der Waals surface area contributed by atoms with Gasteiger partial charge in [0.15, 0.2) is 0 Å². The highest BCUT2D eigenvalue weighted by Gasteiger charge is 2.40. The van der Waals surface area contributed by atoms with Gasteiger partial charge in [-0.3, -0.25) is 14.6 Å². The van der Waals surface area contributed by atoms with Crippen LogP contribution in [0.4, 0.5) is 5.69 Å². The third kappa shape index (κ3) is 3.84. The van der Waals surface area contributed by atoms with Gasteiger partial charge in [-0.05, 0) is 43.0 Å². The van der Waals surface area contributed by atoms with Crippen LogP contribution in [-0.4, -0.2) is 49.0 Å². The molecular weight excluding hydrogens is 382 g/mol. The van der Waals surface area contributed by atoms with Crippen LogP contribution in [0.25, 0.3) is 0 Å². The second-order valence-corrected chi connectivity index (χ2v) is 7.77. The van der Waals surface area contributed by atoms with Gasteiger partial charge in [0.1, 0.15) is 11.5 Å². The molecule has 30 heavy (non-hydrogen) atoms. The largest absolute Gasteiger partial charge is 0.497 e. The van der Waals surface area contributed by atoms with Gasteiger partial charge in [0.25, 0.3) is 0 Å². The number of methoxy groups -OCH3 is 2. The van der Waals surface area contributed by atoms with E-state index in [1.165, 1.54) is 0 Å². The van der Waals surface area contributed by atoms with E-state index < -0.39 is 0 Å². The van der Waals surface area contributed by atoms with Gasteiger partial charge in [0.05, 0.1) is 31.9 Å². The van der Waals surface area contributed by atoms with Crippen molar-refractivity contribution in [1.29, 1.82) is 0 Å². The van der Waals surface area contributed by atoms with Crippen LogP contribution in [0.3, 0.4) is 0 Å². The number of likely N-dealkylation sites (tertiary alicyclic amines) is 1. The fourth-order valence-electron chi connectivity index (χ4n) is 4.46. The first-order valence-electron chi connectivity index (χ1n) is 10.3. The smallest absolute Gasteiger partial charge is 0.228 e. The topological polar surface area (TPSA) is 72.0 Å². The quantitative estimate of drug-likeness (QED) is 0.758. The molecule has 0 bridgehead atoms. The lowest BCUT2D eigenvalue weighted by atomic mass is 9.94. The summed E-state index contributed by atoms with van der Waals surface area (Å²) in [7, 11) is 3.15. The number of pyridine rings is 1. The molecule has 4 rings (SSSR count). The van der Waals surface area contributed by atoms with Crippen molar-refractivity contribution >= 4 is 17.5 Å². The zero-order valence-corrected chi connectivity index (χ0v) is 17.4. The molecule has 2 saturated heterocycles. The van der Waals surface area contributed by atoms with Gasteiger partial charge in [-0.2, -0.15) is 0 Å². The van der Waals surface area contributed by atoms with E-state index in [1.807, 2.05) is 29.3 Å². The summed E-state index contributed by atoms with van der Waals surface area (Å²) in [5.74, 6) is 0.838. The van der Waals surface area contributed by atoms with E-state index in [9.17, 15) is 9.59 Å². The molecule has 0 aliphatic carbocycles. The standard InChI is InChI=1S/C23H27N3O4/c1-29-18-8-9-20(21(13-18)30-2)26-15-17(12-22(26)27)23(28)25-11-4-3-7-19(25)16-6-5-10-24-14-16/h5-6,8-10,13-14,17,19H,3-4,7,11-12,15H2,1-2H3. The lowest BCUT2D eigenvalue weighted by Crippen LogP contribution is -2.42. The first-order valence-corrected chi connectivity index (χ1v) is 10.3. The number of carbonyl (C=O) groups excluding carboxylic acids is 2. The van der Waals surface area contributed by atoms with E-state index in [1.54, 1.807) is 37.4 Å². The Morgan fingerprint density at radius 3 is 2.77 bits per heavy atom. The van der Waals surface area contributed by atoms with Crippen molar-refractivity contribution in [3.8, 4) is 11.5 Å². The van der Waals surface area contributed by atoms with Crippen molar-refractivity contribution in [3.63, 3.8) is 0 Å². The summed E-state index contributed by atoms with van der Waals surface area (Å²) in [6, 6.07) is 9.31. The number of aromatic nitrogens is 1. The van der Waals surface area contributed by atoms with E-state index >= 15 is 0 Å².